The smallest absolute Gasteiger partial charge is 0.147 e. The van der Waals surface area contributed by atoms with Crippen LogP contribution < -0.4 is 11.1 Å². The number of aromatic nitrogens is 4. The van der Waals surface area contributed by atoms with E-state index < -0.39 is 0 Å². The molecule has 2 aromatic heterocycles. The standard InChI is InChI=1S/C12H12N6S/c13-11-10(8-4-2-1-3-5-8)12(19-18-11)14-6-9-15-7-16-17-9/h1-5,7,14H,6H2,(H2,13,18)(H,15,16,17). The third-order valence-electron chi connectivity index (χ3n) is 2.66. The van der Waals surface area contributed by atoms with Crippen molar-refractivity contribution in [1.82, 2.24) is 19.6 Å². The molecule has 0 aliphatic heterocycles. The first-order chi connectivity index (χ1) is 9.34. The van der Waals surface area contributed by atoms with Crippen LogP contribution in [0.3, 0.4) is 0 Å². The molecule has 0 aliphatic carbocycles. The molecule has 0 bridgehead atoms. The quantitative estimate of drug-likeness (QED) is 0.676. The van der Waals surface area contributed by atoms with Crippen LogP contribution in [0.25, 0.3) is 11.1 Å². The minimum absolute atomic E-state index is 0.538. The number of rotatable bonds is 4. The highest BCUT2D eigenvalue weighted by molar-refractivity contribution is 7.11. The average Bonchev–Trinajstić information content (AvgIpc) is 3.07. The number of nitrogen functional groups attached to an aromatic ring is 1. The van der Waals surface area contributed by atoms with Gasteiger partial charge in [0.15, 0.2) is 0 Å². The molecule has 4 N–H and O–H groups in total. The van der Waals surface area contributed by atoms with E-state index >= 15 is 0 Å². The molecule has 2 heterocycles. The fraction of sp³-hybridized carbons (Fsp3) is 0.0833. The topological polar surface area (TPSA) is 92.5 Å². The van der Waals surface area contributed by atoms with Gasteiger partial charge in [0.25, 0.3) is 0 Å². The highest BCUT2D eigenvalue weighted by Crippen LogP contribution is 2.36. The monoisotopic (exact) mass is 272 g/mol. The molecule has 1 aromatic carbocycles. The van der Waals surface area contributed by atoms with E-state index in [4.69, 9.17) is 5.73 Å². The molecule has 0 unspecified atom stereocenters. The largest absolute Gasteiger partial charge is 0.382 e. The van der Waals surface area contributed by atoms with Crippen LogP contribution in [0.15, 0.2) is 36.7 Å². The van der Waals surface area contributed by atoms with E-state index in [1.54, 1.807) is 0 Å². The van der Waals surface area contributed by atoms with Gasteiger partial charge in [0.05, 0.1) is 12.1 Å². The molecule has 0 aliphatic rings. The third-order valence-corrected chi connectivity index (χ3v) is 3.48. The number of H-pyrrole nitrogens is 1. The molecule has 0 saturated carbocycles. The summed E-state index contributed by atoms with van der Waals surface area (Å²) in [4.78, 5) is 4.06. The second kappa shape index (κ2) is 5.07. The van der Waals surface area contributed by atoms with Gasteiger partial charge in [-0.1, -0.05) is 30.3 Å². The van der Waals surface area contributed by atoms with Crippen molar-refractivity contribution < 1.29 is 0 Å². The highest BCUT2D eigenvalue weighted by Gasteiger charge is 2.13. The van der Waals surface area contributed by atoms with Crippen molar-refractivity contribution in [3.63, 3.8) is 0 Å². The molecule has 0 amide bonds. The molecule has 0 saturated heterocycles. The lowest BCUT2D eigenvalue weighted by molar-refractivity contribution is 0.958. The number of hydrogen-bond acceptors (Lipinski definition) is 6. The Bertz CT molecular complexity index is 646. The van der Waals surface area contributed by atoms with Crippen molar-refractivity contribution >= 4 is 22.4 Å². The van der Waals surface area contributed by atoms with Gasteiger partial charge >= 0.3 is 0 Å². The molecular formula is C12H12N6S. The van der Waals surface area contributed by atoms with Crippen molar-refractivity contribution in [1.29, 1.82) is 0 Å². The maximum absolute atomic E-state index is 5.95. The van der Waals surface area contributed by atoms with Crippen molar-refractivity contribution in [2.45, 2.75) is 6.54 Å². The van der Waals surface area contributed by atoms with Gasteiger partial charge in [-0.3, -0.25) is 5.10 Å². The van der Waals surface area contributed by atoms with Crippen LogP contribution in [0.4, 0.5) is 10.8 Å². The van der Waals surface area contributed by atoms with E-state index in [0.29, 0.717) is 12.4 Å². The van der Waals surface area contributed by atoms with Gasteiger partial charge < -0.3 is 11.1 Å². The van der Waals surface area contributed by atoms with E-state index in [2.05, 4.69) is 24.9 Å². The summed E-state index contributed by atoms with van der Waals surface area (Å²) >= 11 is 1.34. The Labute approximate surface area is 113 Å². The molecule has 3 rings (SSSR count). The molecule has 3 aromatic rings. The second-order valence-electron chi connectivity index (χ2n) is 3.92. The summed E-state index contributed by atoms with van der Waals surface area (Å²) in [7, 11) is 0. The number of benzene rings is 1. The molecule has 96 valence electrons. The summed E-state index contributed by atoms with van der Waals surface area (Å²) in [5.41, 5.74) is 7.93. The Kier molecular flexibility index (Phi) is 3.11. The number of nitrogens with two attached hydrogens (primary N) is 1. The van der Waals surface area contributed by atoms with Gasteiger partial charge in [0, 0.05) is 0 Å². The fourth-order valence-electron chi connectivity index (χ4n) is 1.79. The van der Waals surface area contributed by atoms with Crippen LogP contribution in [0.1, 0.15) is 5.82 Å². The van der Waals surface area contributed by atoms with E-state index in [1.165, 1.54) is 17.9 Å². The Morgan fingerprint density at radius 2 is 2.11 bits per heavy atom. The fourth-order valence-corrected chi connectivity index (χ4v) is 2.52. The minimum atomic E-state index is 0.538. The van der Waals surface area contributed by atoms with Crippen LogP contribution >= 0.6 is 11.5 Å². The predicted octanol–water partition coefficient (Wildman–Crippen LogP) is 2.12. The highest BCUT2D eigenvalue weighted by atomic mass is 32.1. The molecule has 0 spiro atoms. The van der Waals surface area contributed by atoms with Gasteiger partial charge in [-0.15, -0.1) is 0 Å². The molecular weight excluding hydrogens is 260 g/mol. The zero-order chi connectivity index (χ0) is 13.1. The normalized spacial score (nSPS) is 10.5. The average molecular weight is 272 g/mol. The summed E-state index contributed by atoms with van der Waals surface area (Å²) in [6.45, 7) is 0.557. The number of nitrogens with one attached hydrogen (secondary N) is 2. The molecule has 6 nitrogen and oxygen atoms in total. The summed E-state index contributed by atoms with van der Waals surface area (Å²) in [5, 5.41) is 10.8. The van der Waals surface area contributed by atoms with Crippen LogP contribution in [-0.2, 0) is 6.54 Å². The molecule has 7 heteroatoms. The predicted molar refractivity (Wildman–Crippen MR) is 75.7 cm³/mol. The number of nitrogens with zero attached hydrogens (tertiary/aromatic N) is 3. The SMILES string of the molecule is Nc1nsc(NCc2ncn[nH]2)c1-c1ccccc1. The lowest BCUT2D eigenvalue weighted by Crippen LogP contribution is -2.01. The van der Waals surface area contributed by atoms with E-state index in [1.807, 2.05) is 30.3 Å². The Morgan fingerprint density at radius 1 is 1.26 bits per heavy atom. The van der Waals surface area contributed by atoms with Crippen molar-refractivity contribution in [2.75, 3.05) is 11.1 Å². The third kappa shape index (κ3) is 2.41. The van der Waals surface area contributed by atoms with Crippen molar-refractivity contribution in [3.8, 4) is 11.1 Å². The van der Waals surface area contributed by atoms with E-state index in [0.717, 1.165) is 22.0 Å². The zero-order valence-corrected chi connectivity index (χ0v) is 10.8. The van der Waals surface area contributed by atoms with E-state index in [-0.39, 0.29) is 0 Å². The zero-order valence-electron chi connectivity index (χ0n) is 10.00. The Hall–Kier alpha value is -2.41. The Morgan fingerprint density at radius 3 is 2.84 bits per heavy atom. The van der Waals surface area contributed by atoms with Gasteiger partial charge in [-0.05, 0) is 17.1 Å². The van der Waals surface area contributed by atoms with Gasteiger partial charge in [-0.25, -0.2) is 4.98 Å². The van der Waals surface area contributed by atoms with Crippen molar-refractivity contribution in [2.24, 2.45) is 0 Å². The summed E-state index contributed by atoms with van der Waals surface area (Å²) in [6, 6.07) is 9.96. The van der Waals surface area contributed by atoms with Gasteiger partial charge in [-0.2, -0.15) is 9.47 Å². The number of hydrogen-bond donors (Lipinski definition) is 3. The summed E-state index contributed by atoms with van der Waals surface area (Å²) in [6.07, 6.45) is 1.48. The lowest BCUT2D eigenvalue weighted by atomic mass is 10.1. The number of aromatic amines is 1. The Balaban J connectivity index is 1.87. The molecule has 0 radical (unpaired) electrons. The molecule has 19 heavy (non-hydrogen) atoms. The van der Waals surface area contributed by atoms with E-state index in [9.17, 15) is 0 Å². The number of anilines is 2. The van der Waals surface area contributed by atoms with Crippen LogP contribution in [0.5, 0.6) is 0 Å². The maximum Gasteiger partial charge on any atom is 0.147 e. The first kappa shape index (κ1) is 11.7. The second-order valence-corrected chi connectivity index (χ2v) is 4.70. The first-order valence-corrected chi connectivity index (χ1v) is 6.50. The molecule has 0 fully saturated rings. The van der Waals surface area contributed by atoms with Gasteiger partial charge in [0.2, 0.25) is 0 Å². The van der Waals surface area contributed by atoms with Crippen molar-refractivity contribution in [3.05, 3.63) is 42.5 Å². The van der Waals surface area contributed by atoms with Crippen LogP contribution in [0, 0.1) is 0 Å². The minimum Gasteiger partial charge on any atom is -0.382 e. The van der Waals surface area contributed by atoms with Crippen LogP contribution in [-0.4, -0.2) is 19.6 Å². The maximum atomic E-state index is 5.95. The summed E-state index contributed by atoms with van der Waals surface area (Å²) < 4.78 is 4.20. The van der Waals surface area contributed by atoms with Gasteiger partial charge in [0.1, 0.15) is 23.0 Å². The lowest BCUT2D eigenvalue weighted by Gasteiger charge is -2.05. The molecule has 0 atom stereocenters. The first-order valence-electron chi connectivity index (χ1n) is 5.73. The summed E-state index contributed by atoms with van der Waals surface area (Å²) in [5.74, 6) is 1.31. The van der Waals surface area contributed by atoms with Crippen LogP contribution in [0.2, 0.25) is 0 Å².